The maximum atomic E-state index is 13.5. The molecule has 0 saturated carbocycles. The highest BCUT2D eigenvalue weighted by Crippen LogP contribution is 2.44. The number of hydrogen-bond donors (Lipinski definition) is 3. The Morgan fingerprint density at radius 3 is 2.24 bits per heavy atom. The van der Waals surface area contributed by atoms with Gasteiger partial charge in [-0.15, -0.1) is 0 Å². The van der Waals surface area contributed by atoms with Crippen LogP contribution in [0.4, 0.5) is 0 Å². The Bertz CT molecular complexity index is 1310. The number of methoxy groups -OCH3 is 1. The van der Waals surface area contributed by atoms with E-state index in [0.29, 0.717) is 19.0 Å². The number of primary amides is 1. The standard InChI is InChI=1S/C35H44N4O3/c1-23(2)26-14-15-30(42-3)27(20-26)21-38-33-28-17-19-39(22-29(28)35(41)37-18-16-31(36)40)34(33)32(24-10-6-4-7-11-24)25-12-8-5-9-13-25/h4-15,20,23,28-29,32-34,38H,16-19,21-22H2,1-3H3,(H2,36,40)(H,37,41)/t28-,29-,33-,34-/m0/s1. The van der Waals surface area contributed by atoms with Crippen LogP contribution in [-0.4, -0.2) is 55.5 Å². The van der Waals surface area contributed by atoms with Gasteiger partial charge in [0.1, 0.15) is 5.75 Å². The molecular formula is C35H44N4O3. The third-order valence-corrected chi connectivity index (χ3v) is 9.11. The zero-order valence-electron chi connectivity index (χ0n) is 25.0. The predicted molar refractivity (Wildman–Crippen MR) is 166 cm³/mol. The Morgan fingerprint density at radius 2 is 1.64 bits per heavy atom. The summed E-state index contributed by atoms with van der Waals surface area (Å²) in [7, 11) is 1.72. The molecule has 3 aliphatic rings. The highest BCUT2D eigenvalue weighted by atomic mass is 16.5. The molecule has 7 nitrogen and oxygen atoms in total. The van der Waals surface area contributed by atoms with Gasteiger partial charge in [-0.3, -0.25) is 14.5 Å². The molecule has 0 radical (unpaired) electrons. The van der Waals surface area contributed by atoms with Crippen molar-refractivity contribution in [3.8, 4) is 5.75 Å². The first-order valence-electron chi connectivity index (χ1n) is 15.2. The molecule has 0 aromatic heterocycles. The first-order chi connectivity index (χ1) is 20.4. The summed E-state index contributed by atoms with van der Waals surface area (Å²) >= 11 is 0. The molecule has 4 N–H and O–H groups in total. The van der Waals surface area contributed by atoms with Gasteiger partial charge in [-0.25, -0.2) is 0 Å². The van der Waals surface area contributed by atoms with Crippen LogP contribution in [0.15, 0.2) is 78.9 Å². The van der Waals surface area contributed by atoms with E-state index in [1.165, 1.54) is 16.7 Å². The van der Waals surface area contributed by atoms with Gasteiger partial charge in [0.05, 0.1) is 13.0 Å². The Hall–Kier alpha value is -3.68. The molecule has 222 valence electrons. The van der Waals surface area contributed by atoms with E-state index < -0.39 is 5.91 Å². The number of nitrogens with zero attached hydrogens (tertiary/aromatic N) is 1. The number of piperidine rings is 3. The number of ether oxygens (including phenoxy) is 1. The number of nitrogens with one attached hydrogen (secondary N) is 2. The fourth-order valence-electron chi connectivity index (χ4n) is 7.02. The van der Waals surface area contributed by atoms with Gasteiger partial charge in [0, 0.05) is 49.6 Å². The van der Waals surface area contributed by atoms with Crippen molar-refractivity contribution in [2.75, 3.05) is 26.7 Å². The van der Waals surface area contributed by atoms with Gasteiger partial charge in [0.25, 0.3) is 0 Å². The molecule has 2 bridgehead atoms. The number of fused-ring (bicyclic) bond motifs is 3. The van der Waals surface area contributed by atoms with Crippen molar-refractivity contribution in [2.24, 2.45) is 17.6 Å². The molecule has 42 heavy (non-hydrogen) atoms. The Kier molecular flexibility index (Phi) is 9.60. The highest BCUT2D eigenvalue weighted by Gasteiger charge is 2.52. The summed E-state index contributed by atoms with van der Waals surface area (Å²) in [6.07, 6.45) is 1.08. The predicted octanol–water partition coefficient (Wildman–Crippen LogP) is 4.42. The van der Waals surface area contributed by atoms with Crippen LogP contribution in [-0.2, 0) is 16.1 Å². The zero-order valence-corrected chi connectivity index (χ0v) is 25.0. The first kappa shape index (κ1) is 29.8. The quantitative estimate of drug-likeness (QED) is 0.301. The summed E-state index contributed by atoms with van der Waals surface area (Å²) in [5, 5.41) is 6.96. The summed E-state index contributed by atoms with van der Waals surface area (Å²) in [5.74, 6) is 0.984. The van der Waals surface area contributed by atoms with Crippen molar-refractivity contribution in [3.05, 3.63) is 101 Å². The average Bonchev–Trinajstić information content (AvgIpc) is 3.01. The third kappa shape index (κ3) is 6.53. The molecule has 3 saturated heterocycles. The van der Waals surface area contributed by atoms with Crippen molar-refractivity contribution >= 4 is 11.8 Å². The number of carbonyl (C=O) groups excluding carboxylic acids is 2. The van der Waals surface area contributed by atoms with Crippen molar-refractivity contribution < 1.29 is 14.3 Å². The zero-order chi connectivity index (χ0) is 29.6. The van der Waals surface area contributed by atoms with E-state index in [4.69, 9.17) is 10.5 Å². The molecule has 3 fully saturated rings. The number of benzene rings is 3. The van der Waals surface area contributed by atoms with Gasteiger partial charge >= 0.3 is 0 Å². The van der Waals surface area contributed by atoms with Gasteiger partial charge in [0.2, 0.25) is 11.8 Å². The molecule has 0 aliphatic carbocycles. The first-order valence-corrected chi connectivity index (χ1v) is 15.2. The van der Waals surface area contributed by atoms with Crippen LogP contribution in [0.25, 0.3) is 0 Å². The van der Waals surface area contributed by atoms with Gasteiger partial charge in [-0.05, 0) is 47.6 Å². The molecule has 1 unspecified atom stereocenters. The second-order valence-corrected chi connectivity index (χ2v) is 12.0. The number of amides is 2. The van der Waals surface area contributed by atoms with E-state index in [1.54, 1.807) is 7.11 Å². The largest absolute Gasteiger partial charge is 0.496 e. The van der Waals surface area contributed by atoms with Crippen molar-refractivity contribution in [1.29, 1.82) is 0 Å². The van der Waals surface area contributed by atoms with Crippen LogP contribution >= 0.6 is 0 Å². The smallest absolute Gasteiger partial charge is 0.224 e. The van der Waals surface area contributed by atoms with Crippen LogP contribution in [0, 0.1) is 11.8 Å². The topological polar surface area (TPSA) is 96.7 Å². The van der Waals surface area contributed by atoms with Crippen molar-refractivity contribution in [1.82, 2.24) is 15.5 Å². The molecule has 3 heterocycles. The maximum absolute atomic E-state index is 13.5. The molecule has 2 amide bonds. The van der Waals surface area contributed by atoms with Crippen LogP contribution in [0.3, 0.4) is 0 Å². The van der Waals surface area contributed by atoms with E-state index in [2.05, 4.69) is 108 Å². The van der Waals surface area contributed by atoms with Crippen molar-refractivity contribution in [3.63, 3.8) is 0 Å². The lowest BCUT2D eigenvalue weighted by Gasteiger charge is -2.56. The molecule has 5 atom stereocenters. The minimum atomic E-state index is -0.407. The monoisotopic (exact) mass is 568 g/mol. The number of nitrogens with two attached hydrogens (primary N) is 1. The number of hydrogen-bond acceptors (Lipinski definition) is 5. The van der Waals surface area contributed by atoms with Gasteiger partial charge in [0.15, 0.2) is 0 Å². The molecule has 6 rings (SSSR count). The van der Waals surface area contributed by atoms with E-state index in [9.17, 15) is 9.59 Å². The Labute approximate surface area is 249 Å². The van der Waals surface area contributed by atoms with E-state index in [1.807, 2.05) is 0 Å². The molecular weight excluding hydrogens is 524 g/mol. The summed E-state index contributed by atoms with van der Waals surface area (Å²) in [6, 6.07) is 28.1. The second kappa shape index (κ2) is 13.5. The molecule has 3 aromatic carbocycles. The SMILES string of the molecule is COc1ccc(C(C)C)cc1CN[C@H]1[C@H]2CCN(C[C@@H]2C(=O)NCCC(N)=O)[C@H]1C(c1ccccc1)c1ccccc1. The average molecular weight is 569 g/mol. The van der Waals surface area contributed by atoms with Crippen LogP contribution in [0.5, 0.6) is 5.75 Å². The van der Waals surface area contributed by atoms with E-state index in [-0.39, 0.29) is 48.7 Å². The maximum Gasteiger partial charge on any atom is 0.224 e. The summed E-state index contributed by atoms with van der Waals surface area (Å²) in [6.45, 7) is 6.96. The number of carbonyl (C=O) groups is 2. The Balaban J connectivity index is 1.51. The lowest BCUT2D eigenvalue weighted by atomic mass is 9.66. The molecule has 3 aromatic rings. The van der Waals surface area contributed by atoms with Gasteiger partial charge < -0.3 is 21.1 Å². The normalized spacial score (nSPS) is 23.2. The third-order valence-electron chi connectivity index (χ3n) is 9.11. The van der Waals surface area contributed by atoms with E-state index in [0.717, 1.165) is 24.3 Å². The van der Waals surface area contributed by atoms with Crippen LogP contribution in [0.2, 0.25) is 0 Å². The second-order valence-electron chi connectivity index (χ2n) is 12.0. The summed E-state index contributed by atoms with van der Waals surface area (Å²) in [5.41, 5.74) is 10.3. The lowest BCUT2D eigenvalue weighted by Crippen LogP contribution is -2.69. The van der Waals surface area contributed by atoms with Gasteiger partial charge in [-0.1, -0.05) is 86.6 Å². The van der Waals surface area contributed by atoms with E-state index >= 15 is 0 Å². The fraction of sp³-hybridized carbons (Fsp3) is 0.429. The van der Waals surface area contributed by atoms with Crippen molar-refractivity contribution in [2.45, 2.75) is 57.2 Å². The molecule has 3 aliphatic heterocycles. The minimum absolute atomic E-state index is 0.00607. The Morgan fingerprint density at radius 1 is 0.976 bits per heavy atom. The van der Waals surface area contributed by atoms with Crippen LogP contribution in [0.1, 0.15) is 60.8 Å². The summed E-state index contributed by atoms with van der Waals surface area (Å²) < 4.78 is 5.77. The lowest BCUT2D eigenvalue weighted by molar-refractivity contribution is -0.135. The van der Waals surface area contributed by atoms with Gasteiger partial charge in [-0.2, -0.15) is 0 Å². The summed E-state index contributed by atoms with van der Waals surface area (Å²) in [4.78, 5) is 27.3. The van der Waals surface area contributed by atoms with Crippen LogP contribution < -0.4 is 21.1 Å². The molecule has 0 spiro atoms. The molecule has 7 heteroatoms. The minimum Gasteiger partial charge on any atom is -0.496 e. The number of rotatable bonds is 12. The highest BCUT2D eigenvalue weighted by molar-refractivity contribution is 5.81. The fourth-order valence-corrected chi connectivity index (χ4v) is 7.02.